The number of benzene rings is 1. The minimum absolute atomic E-state index is 0.119. The molecule has 0 fully saturated rings. The second kappa shape index (κ2) is 3.23. The fraction of sp³-hybridized carbons (Fsp3) is 0.222. The van der Waals surface area contributed by atoms with Gasteiger partial charge in [0.2, 0.25) is 5.91 Å². The van der Waals surface area contributed by atoms with E-state index >= 15 is 0 Å². The van der Waals surface area contributed by atoms with Gasteiger partial charge in [0.05, 0.1) is 12.0 Å². The molecule has 0 spiro atoms. The van der Waals surface area contributed by atoms with Gasteiger partial charge in [0.15, 0.2) is 0 Å². The Morgan fingerprint density at radius 3 is 2.60 bits per heavy atom. The molecular formula is C9H5BrF3NO. The van der Waals surface area contributed by atoms with Crippen LogP contribution in [0.4, 0.5) is 18.9 Å². The van der Waals surface area contributed by atoms with Gasteiger partial charge in [-0.1, -0.05) is 15.9 Å². The lowest BCUT2D eigenvalue weighted by atomic mass is 10.1. The highest BCUT2D eigenvalue weighted by Gasteiger charge is 2.33. The average molecular weight is 280 g/mol. The maximum Gasteiger partial charge on any atom is 0.416 e. The summed E-state index contributed by atoms with van der Waals surface area (Å²) in [5.41, 5.74) is 0.0463. The number of alkyl halides is 3. The Hall–Kier alpha value is -1.04. The molecular weight excluding hydrogens is 275 g/mol. The van der Waals surface area contributed by atoms with E-state index in [0.29, 0.717) is 10.0 Å². The van der Waals surface area contributed by atoms with Crippen LogP contribution in [0, 0.1) is 0 Å². The first kappa shape index (κ1) is 10.5. The zero-order valence-corrected chi connectivity index (χ0v) is 8.87. The summed E-state index contributed by atoms with van der Waals surface area (Å²) in [6.07, 6.45) is -4.28. The summed E-state index contributed by atoms with van der Waals surface area (Å²) in [6.45, 7) is 0. The first-order valence-electron chi connectivity index (χ1n) is 4.07. The van der Waals surface area contributed by atoms with Crippen LogP contribution in [-0.2, 0) is 17.4 Å². The fourth-order valence-corrected chi connectivity index (χ4v) is 2.05. The molecule has 0 unspecified atom stereocenters. The van der Waals surface area contributed by atoms with Crippen LogP contribution in [-0.4, -0.2) is 5.91 Å². The summed E-state index contributed by atoms with van der Waals surface area (Å²) in [5.74, 6) is -0.287. The highest BCUT2D eigenvalue weighted by molar-refractivity contribution is 9.10. The zero-order valence-electron chi connectivity index (χ0n) is 7.28. The molecule has 0 aromatic heterocycles. The summed E-state index contributed by atoms with van der Waals surface area (Å²) < 4.78 is 37.5. The Balaban J connectivity index is 2.54. The average Bonchev–Trinajstić information content (AvgIpc) is 2.44. The highest BCUT2D eigenvalue weighted by atomic mass is 79.9. The monoisotopic (exact) mass is 279 g/mol. The first-order chi connectivity index (χ1) is 6.88. The number of carbonyl (C=O) groups is 1. The number of hydrogen-bond donors (Lipinski definition) is 1. The molecule has 1 aromatic carbocycles. The summed E-state index contributed by atoms with van der Waals surface area (Å²) in [6, 6.07) is 1.93. The van der Waals surface area contributed by atoms with E-state index in [0.717, 1.165) is 12.1 Å². The minimum atomic E-state index is -4.40. The van der Waals surface area contributed by atoms with Crippen LogP contribution in [0.5, 0.6) is 0 Å². The lowest BCUT2D eigenvalue weighted by Gasteiger charge is -2.09. The van der Waals surface area contributed by atoms with Gasteiger partial charge in [-0.25, -0.2) is 0 Å². The van der Waals surface area contributed by atoms with E-state index < -0.39 is 11.7 Å². The van der Waals surface area contributed by atoms with Crippen molar-refractivity contribution in [2.45, 2.75) is 12.6 Å². The van der Waals surface area contributed by atoms with Gasteiger partial charge in [-0.15, -0.1) is 0 Å². The Morgan fingerprint density at radius 1 is 1.33 bits per heavy atom. The van der Waals surface area contributed by atoms with Gasteiger partial charge in [-0.2, -0.15) is 13.2 Å². The Bertz CT molecular complexity index is 442. The molecule has 0 atom stereocenters. The van der Waals surface area contributed by atoms with Crippen molar-refractivity contribution in [1.29, 1.82) is 0 Å². The molecule has 1 aliphatic heterocycles. The molecule has 2 nitrogen and oxygen atoms in total. The topological polar surface area (TPSA) is 29.1 Å². The normalized spacial score (nSPS) is 15.1. The van der Waals surface area contributed by atoms with E-state index in [1.807, 2.05) is 0 Å². The molecule has 15 heavy (non-hydrogen) atoms. The Labute approximate surface area is 91.6 Å². The van der Waals surface area contributed by atoms with Crippen LogP contribution >= 0.6 is 15.9 Å². The fourth-order valence-electron chi connectivity index (χ4n) is 1.45. The van der Waals surface area contributed by atoms with Crippen molar-refractivity contribution >= 4 is 27.5 Å². The smallest absolute Gasteiger partial charge is 0.325 e. The molecule has 1 N–H and O–H groups in total. The summed E-state index contributed by atoms with van der Waals surface area (Å²) in [4.78, 5) is 11.0. The summed E-state index contributed by atoms with van der Waals surface area (Å²) in [5, 5.41) is 2.38. The molecule has 0 bridgehead atoms. The highest BCUT2D eigenvalue weighted by Crippen LogP contribution is 2.38. The first-order valence-corrected chi connectivity index (χ1v) is 4.86. The number of anilines is 1. The maximum atomic E-state index is 12.4. The number of nitrogens with one attached hydrogen (secondary N) is 1. The zero-order chi connectivity index (χ0) is 11.2. The third-order valence-electron chi connectivity index (χ3n) is 2.13. The van der Waals surface area contributed by atoms with E-state index in [9.17, 15) is 18.0 Å². The SMILES string of the molecule is O=C1Cc2c(Br)cc(C(F)(F)F)cc2N1. The Morgan fingerprint density at radius 2 is 2.00 bits per heavy atom. The van der Waals surface area contributed by atoms with Crippen molar-refractivity contribution in [1.82, 2.24) is 0 Å². The van der Waals surface area contributed by atoms with E-state index in [2.05, 4.69) is 21.2 Å². The minimum Gasteiger partial charge on any atom is -0.325 e. The molecule has 80 valence electrons. The Kier molecular flexibility index (Phi) is 2.26. The number of rotatable bonds is 0. The van der Waals surface area contributed by atoms with Crippen molar-refractivity contribution in [3.05, 3.63) is 27.7 Å². The predicted octanol–water partition coefficient (Wildman–Crippen LogP) is 2.96. The van der Waals surface area contributed by atoms with Crippen LogP contribution < -0.4 is 5.32 Å². The number of fused-ring (bicyclic) bond motifs is 1. The molecule has 0 saturated carbocycles. The molecule has 2 rings (SSSR count). The largest absolute Gasteiger partial charge is 0.416 e. The van der Waals surface area contributed by atoms with Gasteiger partial charge in [0, 0.05) is 10.2 Å². The van der Waals surface area contributed by atoms with Gasteiger partial charge < -0.3 is 5.32 Å². The van der Waals surface area contributed by atoms with E-state index in [4.69, 9.17) is 0 Å². The van der Waals surface area contributed by atoms with Crippen molar-refractivity contribution in [3.63, 3.8) is 0 Å². The van der Waals surface area contributed by atoms with Crippen molar-refractivity contribution in [3.8, 4) is 0 Å². The maximum absolute atomic E-state index is 12.4. The number of halogens is 4. The predicted molar refractivity (Wildman–Crippen MR) is 51.5 cm³/mol. The van der Waals surface area contributed by atoms with Gasteiger partial charge in [-0.3, -0.25) is 4.79 Å². The molecule has 1 aromatic rings. The molecule has 0 radical (unpaired) electrons. The van der Waals surface area contributed by atoms with E-state index in [1.165, 1.54) is 0 Å². The second-order valence-electron chi connectivity index (χ2n) is 3.21. The third kappa shape index (κ3) is 1.86. The number of hydrogen-bond acceptors (Lipinski definition) is 1. The third-order valence-corrected chi connectivity index (χ3v) is 2.84. The standard InChI is InChI=1S/C9H5BrF3NO/c10-6-1-4(9(11,12)13)2-7-5(6)3-8(15)14-7/h1-2H,3H2,(H,14,15). The molecule has 0 aliphatic carbocycles. The van der Waals surface area contributed by atoms with Crippen molar-refractivity contribution < 1.29 is 18.0 Å². The molecule has 1 heterocycles. The van der Waals surface area contributed by atoms with Crippen LogP contribution in [0.1, 0.15) is 11.1 Å². The van der Waals surface area contributed by atoms with Crippen LogP contribution in [0.3, 0.4) is 0 Å². The van der Waals surface area contributed by atoms with Gasteiger partial charge >= 0.3 is 6.18 Å². The van der Waals surface area contributed by atoms with E-state index in [1.54, 1.807) is 0 Å². The van der Waals surface area contributed by atoms with Crippen LogP contribution in [0.25, 0.3) is 0 Å². The number of carbonyl (C=O) groups excluding carboxylic acids is 1. The van der Waals surface area contributed by atoms with Crippen LogP contribution in [0.15, 0.2) is 16.6 Å². The molecule has 6 heteroatoms. The summed E-state index contributed by atoms with van der Waals surface area (Å²) in [7, 11) is 0. The molecule has 1 amide bonds. The lowest BCUT2D eigenvalue weighted by molar-refractivity contribution is -0.137. The van der Waals surface area contributed by atoms with Gasteiger partial charge in [0.1, 0.15) is 0 Å². The molecule has 1 aliphatic rings. The van der Waals surface area contributed by atoms with Crippen molar-refractivity contribution in [2.75, 3.05) is 5.32 Å². The number of amides is 1. The van der Waals surface area contributed by atoms with Crippen LogP contribution in [0.2, 0.25) is 0 Å². The van der Waals surface area contributed by atoms with Gasteiger partial charge in [0.25, 0.3) is 0 Å². The second-order valence-corrected chi connectivity index (χ2v) is 4.06. The quantitative estimate of drug-likeness (QED) is 0.777. The van der Waals surface area contributed by atoms with Crippen molar-refractivity contribution in [2.24, 2.45) is 0 Å². The van der Waals surface area contributed by atoms with Gasteiger partial charge in [-0.05, 0) is 17.7 Å². The lowest BCUT2D eigenvalue weighted by Crippen LogP contribution is -2.06. The molecule has 0 saturated heterocycles. The van der Waals surface area contributed by atoms with E-state index in [-0.39, 0.29) is 18.0 Å². The summed E-state index contributed by atoms with van der Waals surface area (Å²) >= 11 is 3.03.